The Morgan fingerprint density at radius 2 is 1.94 bits per heavy atom. The molecule has 2 aromatic carbocycles. The number of pyridine rings is 1. The van der Waals surface area contributed by atoms with Crippen molar-refractivity contribution in [3.05, 3.63) is 65.6 Å². The molecule has 5 rings (SSSR count). The number of halogens is 1. The van der Waals surface area contributed by atoms with Crippen LogP contribution >= 0.6 is 0 Å². The number of carbonyl (C=O) groups excluding carboxylic acids is 1. The average Bonchev–Trinajstić information content (AvgIpc) is 3.21. The Morgan fingerprint density at radius 1 is 1.15 bits per heavy atom. The minimum atomic E-state index is -0.365. The lowest BCUT2D eigenvalue weighted by molar-refractivity contribution is 0.102. The van der Waals surface area contributed by atoms with Crippen molar-refractivity contribution in [1.29, 1.82) is 0 Å². The largest absolute Gasteiger partial charge is 0.398 e. The highest BCUT2D eigenvalue weighted by molar-refractivity contribution is 6.11. The highest BCUT2D eigenvalue weighted by Gasteiger charge is 2.19. The van der Waals surface area contributed by atoms with Gasteiger partial charge in [0.15, 0.2) is 5.82 Å². The van der Waals surface area contributed by atoms with E-state index in [1.165, 1.54) is 6.07 Å². The van der Waals surface area contributed by atoms with Gasteiger partial charge in [-0.15, -0.1) is 0 Å². The van der Waals surface area contributed by atoms with E-state index < -0.39 is 0 Å². The SMILES string of the molecule is Cc1cccc(F)c1-c1cc2c(NC(=O)c3ccc(N4CCN(C)CC4)cc3N)n[nH]c2cn1. The van der Waals surface area contributed by atoms with Gasteiger partial charge in [-0.1, -0.05) is 12.1 Å². The third-order valence-electron chi connectivity index (χ3n) is 6.31. The summed E-state index contributed by atoms with van der Waals surface area (Å²) >= 11 is 0. The van der Waals surface area contributed by atoms with Crippen LogP contribution in [0.5, 0.6) is 0 Å². The molecule has 9 heteroatoms. The van der Waals surface area contributed by atoms with Crippen LogP contribution in [-0.2, 0) is 0 Å². The van der Waals surface area contributed by atoms with Gasteiger partial charge in [0.2, 0.25) is 0 Å². The molecule has 4 N–H and O–H groups in total. The average molecular weight is 460 g/mol. The topological polar surface area (TPSA) is 103 Å². The number of aromatic nitrogens is 3. The van der Waals surface area contributed by atoms with E-state index >= 15 is 0 Å². The first-order valence-electron chi connectivity index (χ1n) is 11.1. The number of aryl methyl sites for hydroxylation is 1. The number of H-pyrrole nitrogens is 1. The molecule has 0 aliphatic carbocycles. The second kappa shape index (κ2) is 8.75. The number of hydrogen-bond donors (Lipinski definition) is 3. The number of nitrogens with two attached hydrogens (primary N) is 1. The fourth-order valence-corrected chi connectivity index (χ4v) is 4.30. The number of benzene rings is 2. The van der Waals surface area contributed by atoms with Crippen LogP contribution in [0.4, 0.5) is 21.6 Å². The van der Waals surface area contributed by atoms with E-state index in [-0.39, 0.29) is 11.7 Å². The number of anilines is 3. The molecule has 8 nitrogen and oxygen atoms in total. The summed E-state index contributed by atoms with van der Waals surface area (Å²) in [6, 6.07) is 12.1. The van der Waals surface area contributed by atoms with Crippen molar-refractivity contribution in [1.82, 2.24) is 20.1 Å². The van der Waals surface area contributed by atoms with Gasteiger partial charge < -0.3 is 20.9 Å². The normalized spacial score (nSPS) is 14.5. The van der Waals surface area contributed by atoms with Crippen LogP contribution in [0.25, 0.3) is 22.2 Å². The Bertz CT molecular complexity index is 1350. The summed E-state index contributed by atoms with van der Waals surface area (Å²) in [5.74, 6) is -0.384. The van der Waals surface area contributed by atoms with E-state index in [1.807, 2.05) is 25.1 Å². The third kappa shape index (κ3) is 4.06. The van der Waals surface area contributed by atoms with Crippen LogP contribution in [0, 0.1) is 12.7 Å². The molecule has 1 fully saturated rings. The minimum Gasteiger partial charge on any atom is -0.398 e. The zero-order valence-corrected chi connectivity index (χ0v) is 19.1. The van der Waals surface area contributed by atoms with Gasteiger partial charge in [0.05, 0.1) is 23.0 Å². The van der Waals surface area contributed by atoms with Gasteiger partial charge >= 0.3 is 0 Å². The van der Waals surface area contributed by atoms with E-state index in [9.17, 15) is 9.18 Å². The molecule has 0 unspecified atom stereocenters. The zero-order valence-electron chi connectivity index (χ0n) is 19.1. The zero-order chi connectivity index (χ0) is 23.8. The van der Waals surface area contributed by atoms with Gasteiger partial charge in [0.1, 0.15) is 5.82 Å². The quantitative estimate of drug-likeness (QED) is 0.403. The maximum absolute atomic E-state index is 14.5. The first-order chi connectivity index (χ1) is 16.4. The lowest BCUT2D eigenvalue weighted by Crippen LogP contribution is -2.44. The van der Waals surface area contributed by atoms with Gasteiger partial charge in [-0.25, -0.2) is 4.39 Å². The van der Waals surface area contributed by atoms with Gasteiger partial charge in [-0.2, -0.15) is 5.10 Å². The summed E-state index contributed by atoms with van der Waals surface area (Å²) in [7, 11) is 2.11. The molecule has 1 saturated heterocycles. The van der Waals surface area contributed by atoms with Crippen LogP contribution in [0.2, 0.25) is 0 Å². The number of piperazine rings is 1. The van der Waals surface area contributed by atoms with E-state index in [4.69, 9.17) is 5.73 Å². The van der Waals surface area contributed by atoms with Gasteiger partial charge in [0, 0.05) is 48.5 Å². The summed E-state index contributed by atoms with van der Waals surface area (Å²) in [4.78, 5) is 21.9. The fourth-order valence-electron chi connectivity index (χ4n) is 4.30. The van der Waals surface area contributed by atoms with Crippen molar-refractivity contribution in [2.24, 2.45) is 0 Å². The molecule has 0 saturated carbocycles. The molecular weight excluding hydrogens is 433 g/mol. The predicted molar refractivity (Wildman–Crippen MR) is 133 cm³/mol. The Hall–Kier alpha value is -3.98. The standard InChI is InChI=1S/C25H26FN7O/c1-15-4-3-5-19(26)23(15)21-13-18-22(14-28-21)30-31-24(18)29-25(34)17-7-6-16(12-20(17)27)33-10-8-32(2)9-11-33/h3-7,12-14H,8-11,27H2,1-2H3,(H2,29,30,31,34). The summed E-state index contributed by atoms with van der Waals surface area (Å²) < 4.78 is 14.5. The Kier molecular flexibility index (Phi) is 5.62. The highest BCUT2D eigenvalue weighted by atomic mass is 19.1. The van der Waals surface area contributed by atoms with Crippen LogP contribution in [0.3, 0.4) is 0 Å². The molecule has 0 bridgehead atoms. The molecule has 1 amide bonds. The number of likely N-dealkylation sites (N-methyl/N-ethyl adjacent to an activating group) is 1. The Balaban J connectivity index is 1.40. The predicted octanol–water partition coefficient (Wildman–Crippen LogP) is 3.66. The molecule has 3 heterocycles. The first-order valence-corrected chi connectivity index (χ1v) is 11.1. The highest BCUT2D eigenvalue weighted by Crippen LogP contribution is 2.30. The van der Waals surface area contributed by atoms with Gasteiger partial charge in [0.25, 0.3) is 5.91 Å². The Labute approximate surface area is 196 Å². The van der Waals surface area contributed by atoms with Crippen molar-refractivity contribution in [3.8, 4) is 11.3 Å². The lowest BCUT2D eigenvalue weighted by Gasteiger charge is -2.34. The van der Waals surface area contributed by atoms with E-state index in [0.29, 0.717) is 39.2 Å². The molecule has 0 spiro atoms. The number of fused-ring (bicyclic) bond motifs is 1. The summed E-state index contributed by atoms with van der Waals surface area (Å²) in [5.41, 5.74) is 10.3. The Morgan fingerprint density at radius 3 is 2.68 bits per heavy atom. The number of amides is 1. The van der Waals surface area contributed by atoms with Crippen molar-refractivity contribution in [3.63, 3.8) is 0 Å². The summed E-state index contributed by atoms with van der Waals surface area (Å²) in [5, 5.41) is 10.5. The van der Waals surface area contributed by atoms with Crippen molar-refractivity contribution < 1.29 is 9.18 Å². The second-order valence-electron chi connectivity index (χ2n) is 8.64. The van der Waals surface area contributed by atoms with Crippen molar-refractivity contribution in [2.45, 2.75) is 6.92 Å². The first kappa shape index (κ1) is 21.8. The summed E-state index contributed by atoms with van der Waals surface area (Å²) in [6.07, 6.45) is 1.58. The van der Waals surface area contributed by atoms with E-state index in [0.717, 1.165) is 37.4 Å². The van der Waals surface area contributed by atoms with Gasteiger partial charge in [-0.05, 0) is 49.9 Å². The molecule has 174 valence electrons. The monoisotopic (exact) mass is 459 g/mol. The minimum absolute atomic E-state index is 0.334. The van der Waals surface area contributed by atoms with E-state index in [1.54, 1.807) is 24.4 Å². The number of nitrogen functional groups attached to an aromatic ring is 1. The molecule has 2 aromatic heterocycles. The molecule has 4 aromatic rings. The van der Waals surface area contributed by atoms with Crippen LogP contribution in [-0.4, -0.2) is 59.2 Å². The number of rotatable bonds is 4. The maximum Gasteiger partial charge on any atom is 0.258 e. The molecular formula is C25H26FN7O. The number of aromatic amines is 1. The van der Waals surface area contributed by atoms with E-state index in [2.05, 4.69) is 37.3 Å². The lowest BCUT2D eigenvalue weighted by atomic mass is 10.0. The van der Waals surface area contributed by atoms with Gasteiger partial charge in [-0.3, -0.25) is 14.9 Å². The number of hydrogen-bond acceptors (Lipinski definition) is 6. The number of nitrogens with zero attached hydrogens (tertiary/aromatic N) is 4. The maximum atomic E-state index is 14.5. The van der Waals surface area contributed by atoms with Crippen LogP contribution in [0.15, 0.2) is 48.7 Å². The van der Waals surface area contributed by atoms with Crippen LogP contribution in [0.1, 0.15) is 15.9 Å². The molecule has 34 heavy (non-hydrogen) atoms. The molecule has 1 aliphatic rings. The third-order valence-corrected chi connectivity index (χ3v) is 6.31. The number of nitrogens with one attached hydrogen (secondary N) is 2. The van der Waals surface area contributed by atoms with Crippen LogP contribution < -0.4 is 16.0 Å². The molecule has 0 atom stereocenters. The fraction of sp³-hybridized carbons (Fsp3) is 0.240. The van der Waals surface area contributed by atoms with Crippen molar-refractivity contribution in [2.75, 3.05) is 49.2 Å². The second-order valence-corrected chi connectivity index (χ2v) is 8.64. The number of carbonyl (C=O) groups is 1. The molecule has 1 aliphatic heterocycles. The molecule has 0 radical (unpaired) electrons. The summed E-state index contributed by atoms with van der Waals surface area (Å²) in [6.45, 7) is 5.63. The van der Waals surface area contributed by atoms with Crippen molar-refractivity contribution >= 4 is 34.0 Å². The smallest absolute Gasteiger partial charge is 0.258 e.